The third-order valence-corrected chi connectivity index (χ3v) is 5.70. The summed E-state index contributed by atoms with van der Waals surface area (Å²) in [6.07, 6.45) is 1.31. The van der Waals surface area contributed by atoms with E-state index >= 15 is 0 Å². The number of piperidine rings is 1. The van der Waals surface area contributed by atoms with Crippen molar-refractivity contribution < 1.29 is 19.4 Å². The van der Waals surface area contributed by atoms with Crippen molar-refractivity contribution in [2.24, 2.45) is 5.92 Å². The molecular weight excluding hydrogens is 354 g/mol. The first-order valence-electron chi connectivity index (χ1n) is 9.70. The number of carboxylic acid groups (broad SMARTS) is 1. The highest BCUT2D eigenvalue weighted by Gasteiger charge is 2.32. The molecule has 2 aromatic rings. The lowest BCUT2D eigenvalue weighted by Crippen LogP contribution is -2.39. The van der Waals surface area contributed by atoms with E-state index in [9.17, 15) is 9.90 Å². The molecule has 1 unspecified atom stereocenters. The molecule has 0 bridgehead atoms. The van der Waals surface area contributed by atoms with Crippen LogP contribution in [0.1, 0.15) is 41.1 Å². The molecule has 28 heavy (non-hydrogen) atoms. The molecule has 0 aliphatic carbocycles. The van der Waals surface area contributed by atoms with Gasteiger partial charge in [0.1, 0.15) is 11.5 Å². The maximum Gasteiger partial charge on any atom is 0.306 e. The number of methoxy groups -OCH3 is 2. The fourth-order valence-corrected chi connectivity index (χ4v) is 4.07. The summed E-state index contributed by atoms with van der Waals surface area (Å²) in [6, 6.07) is 12.4. The Hall–Kier alpha value is -2.53. The first-order chi connectivity index (χ1) is 13.4. The van der Waals surface area contributed by atoms with Crippen LogP contribution in [-0.2, 0) is 4.79 Å². The minimum atomic E-state index is -0.693. The first kappa shape index (κ1) is 20.2. The summed E-state index contributed by atoms with van der Waals surface area (Å²) >= 11 is 0. The fourth-order valence-electron chi connectivity index (χ4n) is 4.07. The number of benzene rings is 2. The molecule has 0 amide bonds. The molecule has 1 atom stereocenters. The summed E-state index contributed by atoms with van der Waals surface area (Å²) in [6.45, 7) is 5.68. The Bertz CT molecular complexity index is 840. The van der Waals surface area contributed by atoms with Crippen LogP contribution in [0.2, 0.25) is 0 Å². The quantitative estimate of drug-likeness (QED) is 0.810. The largest absolute Gasteiger partial charge is 0.497 e. The SMILES string of the molecule is COc1ccc(OC)c(C(c2cc(C)ccc2C)N2CCC(C(=O)O)CC2)c1. The molecule has 1 saturated heterocycles. The van der Waals surface area contributed by atoms with Crippen LogP contribution in [0.3, 0.4) is 0 Å². The molecule has 5 heteroatoms. The van der Waals surface area contributed by atoms with E-state index < -0.39 is 5.97 Å². The second kappa shape index (κ2) is 8.65. The van der Waals surface area contributed by atoms with Gasteiger partial charge in [-0.1, -0.05) is 23.8 Å². The minimum Gasteiger partial charge on any atom is -0.497 e. The van der Waals surface area contributed by atoms with Crippen LogP contribution in [-0.4, -0.2) is 43.3 Å². The highest BCUT2D eigenvalue weighted by atomic mass is 16.5. The molecule has 0 aromatic heterocycles. The fraction of sp³-hybridized carbons (Fsp3) is 0.435. The number of ether oxygens (including phenoxy) is 2. The van der Waals surface area contributed by atoms with Crippen molar-refractivity contribution in [1.82, 2.24) is 4.90 Å². The van der Waals surface area contributed by atoms with E-state index in [0.717, 1.165) is 30.2 Å². The van der Waals surface area contributed by atoms with Gasteiger partial charge in [-0.2, -0.15) is 0 Å². The number of likely N-dealkylation sites (tertiary alicyclic amines) is 1. The molecule has 1 aliphatic rings. The van der Waals surface area contributed by atoms with Crippen molar-refractivity contribution in [1.29, 1.82) is 0 Å². The topological polar surface area (TPSA) is 59.0 Å². The van der Waals surface area contributed by atoms with Gasteiger partial charge < -0.3 is 14.6 Å². The molecule has 5 nitrogen and oxygen atoms in total. The lowest BCUT2D eigenvalue weighted by Gasteiger charge is -2.38. The standard InChI is InChI=1S/C23H29NO4/c1-15-5-6-16(2)19(13-15)22(24-11-9-17(10-12-24)23(25)26)20-14-18(27-3)7-8-21(20)28-4/h5-8,13-14,17,22H,9-12H2,1-4H3,(H,25,26). The van der Waals surface area contributed by atoms with Gasteiger partial charge in [-0.15, -0.1) is 0 Å². The van der Waals surface area contributed by atoms with Crippen molar-refractivity contribution in [3.05, 3.63) is 58.7 Å². The van der Waals surface area contributed by atoms with E-state index in [1.807, 2.05) is 18.2 Å². The Balaban J connectivity index is 2.08. The summed E-state index contributed by atoms with van der Waals surface area (Å²) in [5, 5.41) is 9.37. The van der Waals surface area contributed by atoms with Gasteiger partial charge >= 0.3 is 5.97 Å². The normalized spacial score (nSPS) is 16.6. The van der Waals surface area contributed by atoms with E-state index in [1.54, 1.807) is 14.2 Å². The Kier molecular flexibility index (Phi) is 6.25. The lowest BCUT2D eigenvalue weighted by atomic mass is 9.88. The maximum absolute atomic E-state index is 11.4. The number of aryl methyl sites for hydroxylation is 2. The second-order valence-corrected chi connectivity index (χ2v) is 7.52. The molecule has 150 valence electrons. The number of hydrogen-bond donors (Lipinski definition) is 1. The predicted octanol–water partition coefficient (Wildman–Crippen LogP) is 4.21. The number of carbonyl (C=O) groups is 1. The monoisotopic (exact) mass is 383 g/mol. The molecule has 1 aliphatic heterocycles. The van der Waals surface area contributed by atoms with Crippen LogP contribution in [0.25, 0.3) is 0 Å². The van der Waals surface area contributed by atoms with Crippen LogP contribution < -0.4 is 9.47 Å². The second-order valence-electron chi connectivity index (χ2n) is 7.52. The minimum absolute atomic E-state index is 0.0142. The van der Waals surface area contributed by atoms with Crippen LogP contribution in [0, 0.1) is 19.8 Å². The molecule has 3 rings (SSSR count). The zero-order chi connectivity index (χ0) is 20.3. The number of nitrogens with zero attached hydrogens (tertiary/aromatic N) is 1. The molecule has 0 radical (unpaired) electrons. The van der Waals surface area contributed by atoms with E-state index in [2.05, 4.69) is 36.9 Å². The zero-order valence-electron chi connectivity index (χ0n) is 17.1. The van der Waals surface area contributed by atoms with Crippen molar-refractivity contribution in [2.75, 3.05) is 27.3 Å². The van der Waals surface area contributed by atoms with Gasteiger partial charge in [0.15, 0.2) is 0 Å². The highest BCUT2D eigenvalue weighted by Crippen LogP contribution is 2.40. The van der Waals surface area contributed by atoms with Crippen LogP contribution in [0.15, 0.2) is 36.4 Å². The third kappa shape index (κ3) is 4.14. The summed E-state index contributed by atoms with van der Waals surface area (Å²) in [5.41, 5.74) is 4.68. The molecule has 0 saturated carbocycles. The Morgan fingerprint density at radius 2 is 1.75 bits per heavy atom. The number of aliphatic carboxylic acids is 1. The third-order valence-electron chi connectivity index (χ3n) is 5.70. The summed E-state index contributed by atoms with van der Waals surface area (Å²) in [7, 11) is 3.35. The Morgan fingerprint density at radius 3 is 2.36 bits per heavy atom. The van der Waals surface area contributed by atoms with Crippen LogP contribution in [0.5, 0.6) is 11.5 Å². The molecule has 1 heterocycles. The van der Waals surface area contributed by atoms with E-state index in [-0.39, 0.29) is 12.0 Å². The summed E-state index contributed by atoms with van der Waals surface area (Å²) in [5.74, 6) is 0.642. The van der Waals surface area contributed by atoms with Gasteiger partial charge in [-0.3, -0.25) is 9.69 Å². The molecule has 1 fully saturated rings. The summed E-state index contributed by atoms with van der Waals surface area (Å²) in [4.78, 5) is 13.8. The average Bonchev–Trinajstić information content (AvgIpc) is 2.71. The summed E-state index contributed by atoms with van der Waals surface area (Å²) < 4.78 is 11.2. The van der Waals surface area contributed by atoms with E-state index in [1.165, 1.54) is 16.7 Å². The number of rotatable bonds is 6. The smallest absolute Gasteiger partial charge is 0.306 e. The molecular formula is C23H29NO4. The van der Waals surface area contributed by atoms with Crippen molar-refractivity contribution >= 4 is 5.97 Å². The van der Waals surface area contributed by atoms with E-state index in [4.69, 9.17) is 9.47 Å². The van der Waals surface area contributed by atoms with E-state index in [0.29, 0.717) is 12.8 Å². The van der Waals surface area contributed by atoms with Gasteiger partial charge in [0.2, 0.25) is 0 Å². The van der Waals surface area contributed by atoms with Gasteiger partial charge in [0.05, 0.1) is 26.2 Å². The average molecular weight is 383 g/mol. The Labute approximate surface area is 166 Å². The predicted molar refractivity (Wildman–Crippen MR) is 109 cm³/mol. The Morgan fingerprint density at radius 1 is 1.04 bits per heavy atom. The molecule has 2 aromatic carbocycles. The van der Waals surface area contributed by atoms with Crippen molar-refractivity contribution in [3.63, 3.8) is 0 Å². The number of carboxylic acids is 1. The van der Waals surface area contributed by atoms with Crippen LogP contribution >= 0.6 is 0 Å². The van der Waals surface area contributed by atoms with Crippen LogP contribution in [0.4, 0.5) is 0 Å². The van der Waals surface area contributed by atoms with Gasteiger partial charge in [0, 0.05) is 5.56 Å². The van der Waals surface area contributed by atoms with Gasteiger partial charge in [-0.05, 0) is 69.1 Å². The van der Waals surface area contributed by atoms with Crippen molar-refractivity contribution in [3.8, 4) is 11.5 Å². The highest BCUT2D eigenvalue weighted by molar-refractivity contribution is 5.70. The molecule has 1 N–H and O–H groups in total. The lowest BCUT2D eigenvalue weighted by molar-refractivity contribution is -0.143. The van der Waals surface area contributed by atoms with Crippen molar-refractivity contribution in [2.45, 2.75) is 32.7 Å². The maximum atomic E-state index is 11.4. The number of hydrogen-bond acceptors (Lipinski definition) is 4. The van der Waals surface area contributed by atoms with Gasteiger partial charge in [-0.25, -0.2) is 0 Å². The van der Waals surface area contributed by atoms with Gasteiger partial charge in [0.25, 0.3) is 0 Å². The first-order valence-corrected chi connectivity index (χ1v) is 9.70. The zero-order valence-corrected chi connectivity index (χ0v) is 17.1. The molecule has 0 spiro atoms.